The molecule has 0 aromatic heterocycles. The van der Waals surface area contributed by atoms with Gasteiger partial charge in [-0.15, -0.1) is 0 Å². The Bertz CT molecular complexity index is 218. The van der Waals surface area contributed by atoms with Crippen molar-refractivity contribution in [2.45, 2.75) is 25.7 Å². The van der Waals surface area contributed by atoms with Gasteiger partial charge in [-0.05, 0) is 18.9 Å². The van der Waals surface area contributed by atoms with E-state index in [-0.39, 0.29) is 24.7 Å². The summed E-state index contributed by atoms with van der Waals surface area (Å²) in [5.41, 5.74) is 0. The van der Waals surface area contributed by atoms with Crippen LogP contribution in [0.1, 0.15) is 19.8 Å². The minimum absolute atomic E-state index is 0.0517. The molecule has 0 radical (unpaired) electrons. The van der Waals surface area contributed by atoms with E-state index < -0.39 is 5.92 Å². The molecule has 0 atom stereocenters. The summed E-state index contributed by atoms with van der Waals surface area (Å²) in [6.07, 6.45) is 2.81. The monoisotopic (exact) mass is 189 g/mol. The van der Waals surface area contributed by atoms with Crippen LogP contribution in [0.5, 0.6) is 0 Å². The summed E-state index contributed by atoms with van der Waals surface area (Å²) in [6, 6.07) is 0. The van der Waals surface area contributed by atoms with E-state index >= 15 is 0 Å². The molecule has 1 fully saturated rings. The van der Waals surface area contributed by atoms with Gasteiger partial charge in [-0.2, -0.15) is 0 Å². The van der Waals surface area contributed by atoms with E-state index in [1.54, 1.807) is 13.0 Å². The maximum Gasteiger partial charge on any atom is 0.248 e. The van der Waals surface area contributed by atoms with Gasteiger partial charge in [0.25, 0.3) is 0 Å². The second-order valence-electron chi connectivity index (χ2n) is 3.38. The first-order valence-electron chi connectivity index (χ1n) is 4.32. The van der Waals surface area contributed by atoms with Crippen molar-refractivity contribution in [1.29, 1.82) is 0 Å². The zero-order valence-electron chi connectivity index (χ0n) is 7.52. The molecular weight excluding hydrogens is 176 g/mol. The molecule has 0 unspecified atom stereocenters. The minimum Gasteiger partial charge on any atom is -0.352 e. The number of allylic oxidation sites excluding steroid dienone is 1. The Balaban J connectivity index is 2.12. The van der Waals surface area contributed by atoms with Crippen molar-refractivity contribution in [1.82, 2.24) is 5.32 Å². The average molecular weight is 189 g/mol. The minimum atomic E-state index is -2.49. The highest BCUT2D eigenvalue weighted by molar-refractivity contribution is 5.87. The number of hydrogen-bond acceptors (Lipinski definition) is 1. The van der Waals surface area contributed by atoms with Crippen molar-refractivity contribution in [3.63, 3.8) is 0 Å². The Hall–Kier alpha value is -0.930. The average Bonchev–Trinajstić information content (AvgIpc) is 1.97. The van der Waals surface area contributed by atoms with Gasteiger partial charge in [-0.1, -0.05) is 6.08 Å². The van der Waals surface area contributed by atoms with E-state index in [1.165, 1.54) is 6.08 Å². The topological polar surface area (TPSA) is 29.1 Å². The van der Waals surface area contributed by atoms with Crippen LogP contribution >= 0.6 is 0 Å². The van der Waals surface area contributed by atoms with Crippen molar-refractivity contribution >= 4 is 5.91 Å². The van der Waals surface area contributed by atoms with Crippen LogP contribution in [0.2, 0.25) is 0 Å². The fourth-order valence-corrected chi connectivity index (χ4v) is 1.38. The van der Waals surface area contributed by atoms with Crippen molar-refractivity contribution in [3.8, 4) is 0 Å². The molecule has 4 heteroatoms. The Morgan fingerprint density at radius 2 is 2.23 bits per heavy atom. The van der Waals surface area contributed by atoms with Gasteiger partial charge in [-0.3, -0.25) is 4.79 Å². The van der Waals surface area contributed by atoms with E-state index in [9.17, 15) is 13.6 Å². The van der Waals surface area contributed by atoms with Crippen LogP contribution in [0.4, 0.5) is 8.78 Å². The molecule has 1 saturated carbocycles. The van der Waals surface area contributed by atoms with Crippen LogP contribution in [0.25, 0.3) is 0 Å². The van der Waals surface area contributed by atoms with Gasteiger partial charge in [-0.25, -0.2) is 8.78 Å². The van der Waals surface area contributed by atoms with E-state index in [4.69, 9.17) is 0 Å². The van der Waals surface area contributed by atoms with Crippen LogP contribution in [-0.4, -0.2) is 18.4 Å². The number of carbonyl (C=O) groups is 1. The largest absolute Gasteiger partial charge is 0.352 e. The maximum atomic E-state index is 12.3. The Kier molecular flexibility index (Phi) is 3.01. The fraction of sp³-hybridized carbons (Fsp3) is 0.667. The molecule has 1 aliphatic rings. The lowest BCUT2D eigenvalue weighted by Crippen LogP contribution is -2.42. The van der Waals surface area contributed by atoms with Crippen molar-refractivity contribution < 1.29 is 13.6 Å². The van der Waals surface area contributed by atoms with Crippen LogP contribution in [0, 0.1) is 5.92 Å². The summed E-state index contributed by atoms with van der Waals surface area (Å²) in [7, 11) is 0. The van der Waals surface area contributed by atoms with E-state index in [0.29, 0.717) is 6.54 Å². The van der Waals surface area contributed by atoms with Crippen molar-refractivity contribution in [2.75, 3.05) is 6.54 Å². The van der Waals surface area contributed by atoms with Gasteiger partial charge in [0, 0.05) is 19.4 Å². The van der Waals surface area contributed by atoms with Crippen molar-refractivity contribution in [3.05, 3.63) is 12.2 Å². The highest BCUT2D eigenvalue weighted by atomic mass is 19.3. The molecular formula is C9H13F2NO. The lowest BCUT2D eigenvalue weighted by Gasteiger charge is -2.34. The summed E-state index contributed by atoms with van der Waals surface area (Å²) in [6.45, 7) is 2.09. The quantitative estimate of drug-likeness (QED) is 0.673. The maximum absolute atomic E-state index is 12.3. The smallest absolute Gasteiger partial charge is 0.248 e. The number of hydrogen-bond donors (Lipinski definition) is 1. The van der Waals surface area contributed by atoms with Gasteiger partial charge >= 0.3 is 0 Å². The third-order valence-electron chi connectivity index (χ3n) is 2.06. The SMILES string of the molecule is C/C=C/C(=O)NCC1CC(F)(F)C1. The lowest BCUT2D eigenvalue weighted by molar-refractivity contribution is -0.122. The molecule has 13 heavy (non-hydrogen) atoms. The number of rotatable bonds is 3. The van der Waals surface area contributed by atoms with Crippen LogP contribution in [0.15, 0.2) is 12.2 Å². The standard InChI is InChI=1S/C9H13F2NO/c1-2-3-8(13)12-6-7-4-9(10,11)5-7/h2-3,7H,4-6H2,1H3,(H,12,13)/b3-2+. The first-order valence-corrected chi connectivity index (χ1v) is 4.32. The molecule has 1 aliphatic carbocycles. The number of halogens is 2. The number of alkyl halides is 2. The number of carbonyl (C=O) groups excluding carboxylic acids is 1. The molecule has 2 nitrogen and oxygen atoms in total. The van der Waals surface area contributed by atoms with Gasteiger partial charge in [0.05, 0.1) is 0 Å². The predicted octanol–water partition coefficient (Wildman–Crippen LogP) is 1.72. The first kappa shape index (κ1) is 10.2. The zero-order valence-corrected chi connectivity index (χ0v) is 7.52. The summed E-state index contributed by atoms with van der Waals surface area (Å²) >= 11 is 0. The third kappa shape index (κ3) is 3.13. The second kappa shape index (κ2) is 3.85. The number of nitrogens with one attached hydrogen (secondary N) is 1. The van der Waals surface area contributed by atoms with Gasteiger partial charge < -0.3 is 5.32 Å². The molecule has 1 N–H and O–H groups in total. The third-order valence-corrected chi connectivity index (χ3v) is 2.06. The second-order valence-corrected chi connectivity index (χ2v) is 3.38. The lowest BCUT2D eigenvalue weighted by atomic mass is 9.81. The highest BCUT2D eigenvalue weighted by Gasteiger charge is 2.44. The van der Waals surface area contributed by atoms with E-state index in [2.05, 4.69) is 5.32 Å². The number of amides is 1. The van der Waals surface area contributed by atoms with Gasteiger partial charge in [0.1, 0.15) is 0 Å². The predicted molar refractivity (Wildman–Crippen MR) is 45.5 cm³/mol. The molecule has 0 aromatic rings. The molecule has 0 saturated heterocycles. The van der Waals surface area contributed by atoms with Crippen LogP contribution in [-0.2, 0) is 4.79 Å². The molecule has 1 rings (SSSR count). The van der Waals surface area contributed by atoms with E-state index in [1.807, 2.05) is 0 Å². The summed E-state index contributed by atoms with van der Waals surface area (Å²) in [5.74, 6) is -2.75. The molecule has 0 spiro atoms. The Labute approximate surface area is 76.0 Å². The first-order chi connectivity index (χ1) is 6.03. The summed E-state index contributed by atoms with van der Waals surface area (Å²) in [4.78, 5) is 10.9. The van der Waals surface area contributed by atoms with Crippen LogP contribution < -0.4 is 5.32 Å². The summed E-state index contributed by atoms with van der Waals surface area (Å²) < 4.78 is 24.7. The highest BCUT2D eigenvalue weighted by Crippen LogP contribution is 2.41. The fourth-order valence-electron chi connectivity index (χ4n) is 1.38. The molecule has 0 bridgehead atoms. The Morgan fingerprint density at radius 1 is 1.62 bits per heavy atom. The van der Waals surface area contributed by atoms with Crippen molar-refractivity contribution in [2.24, 2.45) is 5.92 Å². The molecule has 0 aromatic carbocycles. The normalized spacial score (nSPS) is 21.5. The molecule has 1 amide bonds. The van der Waals surface area contributed by atoms with Gasteiger partial charge in [0.15, 0.2) is 0 Å². The molecule has 0 aliphatic heterocycles. The zero-order chi connectivity index (χ0) is 9.90. The van der Waals surface area contributed by atoms with E-state index in [0.717, 1.165) is 0 Å². The van der Waals surface area contributed by atoms with Crippen LogP contribution in [0.3, 0.4) is 0 Å². The molecule has 0 heterocycles. The Morgan fingerprint density at radius 3 is 2.69 bits per heavy atom. The summed E-state index contributed by atoms with van der Waals surface area (Å²) in [5, 5.41) is 2.56. The molecule has 74 valence electrons. The van der Waals surface area contributed by atoms with Gasteiger partial charge in [0.2, 0.25) is 11.8 Å².